The molecule has 2 heterocycles. The van der Waals surface area contributed by atoms with Crippen LogP contribution in [0.4, 0.5) is 20.6 Å². The second-order valence-corrected chi connectivity index (χ2v) is 7.52. The van der Waals surface area contributed by atoms with Gasteiger partial charge in [-0.3, -0.25) is 4.79 Å². The maximum absolute atomic E-state index is 13.6. The van der Waals surface area contributed by atoms with Crippen molar-refractivity contribution in [3.63, 3.8) is 0 Å². The fraction of sp³-hybridized carbons (Fsp3) is 0.333. The quantitative estimate of drug-likeness (QED) is 0.828. The van der Waals surface area contributed by atoms with E-state index in [9.17, 15) is 19.1 Å². The van der Waals surface area contributed by atoms with E-state index >= 15 is 0 Å². The predicted molar refractivity (Wildman–Crippen MR) is 105 cm³/mol. The van der Waals surface area contributed by atoms with Gasteiger partial charge >= 0.3 is 6.09 Å². The highest BCUT2D eigenvalue weighted by molar-refractivity contribution is 6.08. The normalized spacial score (nSPS) is 21.5. The molecule has 29 heavy (non-hydrogen) atoms. The number of piperazine rings is 1. The molecule has 0 radical (unpaired) electrons. The van der Waals surface area contributed by atoms with Crippen LogP contribution in [-0.4, -0.2) is 53.3 Å². The van der Waals surface area contributed by atoms with E-state index in [1.807, 2.05) is 17.0 Å². The lowest BCUT2D eigenvalue weighted by Crippen LogP contribution is -2.49. The van der Waals surface area contributed by atoms with Gasteiger partial charge in [-0.15, -0.1) is 0 Å². The van der Waals surface area contributed by atoms with E-state index in [0.29, 0.717) is 48.7 Å². The minimum absolute atomic E-state index is 0.149. The highest BCUT2D eigenvalue weighted by Crippen LogP contribution is 2.46. The molecule has 152 valence electrons. The van der Waals surface area contributed by atoms with Crippen LogP contribution in [-0.2, 0) is 16.9 Å². The van der Waals surface area contributed by atoms with E-state index in [0.717, 1.165) is 0 Å². The van der Waals surface area contributed by atoms with Gasteiger partial charge < -0.3 is 24.9 Å². The van der Waals surface area contributed by atoms with Crippen molar-refractivity contribution < 1.29 is 24.2 Å². The number of rotatable bonds is 3. The number of hydrogen-bond acceptors (Lipinski definition) is 4. The smallest absolute Gasteiger partial charge is 0.407 e. The van der Waals surface area contributed by atoms with Crippen LogP contribution >= 0.6 is 0 Å². The van der Waals surface area contributed by atoms with Crippen LogP contribution in [0.2, 0.25) is 0 Å². The lowest BCUT2D eigenvalue weighted by atomic mass is 9.95. The van der Waals surface area contributed by atoms with Crippen molar-refractivity contribution in [3.8, 4) is 0 Å². The number of nitrogens with zero attached hydrogens (tertiary/aromatic N) is 3. The van der Waals surface area contributed by atoms with Gasteiger partial charge in [0.15, 0.2) is 5.60 Å². The van der Waals surface area contributed by atoms with E-state index in [4.69, 9.17) is 5.11 Å². The standard InChI is InChI=1S/C21H22FN3O4/c1-21(29)18-16(23-8-10-24(11-9-23)20(27)28)6-3-7-17(18)25(19(21)26)13-14-4-2-5-15(22)12-14/h2-7,12,29H,8-11,13H2,1H3,(H,27,28). The van der Waals surface area contributed by atoms with Gasteiger partial charge in [0.1, 0.15) is 5.82 Å². The first-order valence-corrected chi connectivity index (χ1v) is 9.44. The summed E-state index contributed by atoms with van der Waals surface area (Å²) < 4.78 is 13.6. The first-order chi connectivity index (χ1) is 13.8. The van der Waals surface area contributed by atoms with Gasteiger partial charge in [-0.05, 0) is 36.8 Å². The van der Waals surface area contributed by atoms with E-state index in [-0.39, 0.29) is 12.4 Å². The zero-order chi connectivity index (χ0) is 20.8. The molecule has 1 saturated heterocycles. The number of amides is 2. The Morgan fingerprint density at radius 2 is 1.76 bits per heavy atom. The molecule has 0 bridgehead atoms. The van der Waals surface area contributed by atoms with Crippen molar-refractivity contribution in [2.24, 2.45) is 0 Å². The summed E-state index contributed by atoms with van der Waals surface area (Å²) in [7, 11) is 0. The molecule has 2 amide bonds. The topological polar surface area (TPSA) is 84.3 Å². The summed E-state index contributed by atoms with van der Waals surface area (Å²) >= 11 is 0. The molecule has 7 nitrogen and oxygen atoms in total. The molecule has 2 aromatic carbocycles. The summed E-state index contributed by atoms with van der Waals surface area (Å²) in [6.07, 6.45) is -0.952. The second-order valence-electron chi connectivity index (χ2n) is 7.52. The third-order valence-corrected chi connectivity index (χ3v) is 5.58. The molecule has 2 N–H and O–H groups in total. The van der Waals surface area contributed by atoms with Crippen LogP contribution < -0.4 is 9.80 Å². The van der Waals surface area contributed by atoms with Crippen molar-refractivity contribution in [1.29, 1.82) is 0 Å². The lowest BCUT2D eigenvalue weighted by Gasteiger charge is -2.36. The number of halogens is 1. The molecular weight excluding hydrogens is 377 g/mol. The summed E-state index contributed by atoms with van der Waals surface area (Å²) in [5.74, 6) is -0.848. The number of hydrogen-bond donors (Lipinski definition) is 2. The van der Waals surface area contributed by atoms with Crippen LogP contribution in [0.1, 0.15) is 18.1 Å². The minimum Gasteiger partial charge on any atom is -0.465 e. The Kier molecular flexibility index (Phi) is 4.66. The molecular formula is C21H22FN3O4. The third kappa shape index (κ3) is 3.29. The Hall–Kier alpha value is -3.13. The molecule has 4 rings (SSSR count). The maximum Gasteiger partial charge on any atom is 0.407 e. The Balaban J connectivity index is 1.68. The number of carboxylic acid groups (broad SMARTS) is 1. The van der Waals surface area contributed by atoms with E-state index in [2.05, 4.69) is 0 Å². The zero-order valence-corrected chi connectivity index (χ0v) is 16.0. The Labute approximate surface area is 167 Å². The minimum atomic E-state index is -1.72. The molecule has 2 aliphatic rings. The van der Waals surface area contributed by atoms with Crippen LogP contribution in [0.3, 0.4) is 0 Å². The SMILES string of the molecule is CC1(O)C(=O)N(Cc2cccc(F)c2)c2cccc(N3CCN(C(=O)O)CC3)c21. The Bertz CT molecular complexity index is 970. The number of carbonyl (C=O) groups is 2. The molecule has 1 atom stereocenters. The number of carbonyl (C=O) groups excluding carboxylic acids is 1. The summed E-state index contributed by atoms with van der Waals surface area (Å²) in [5, 5.41) is 20.2. The van der Waals surface area contributed by atoms with Crippen molar-refractivity contribution >= 4 is 23.4 Å². The highest BCUT2D eigenvalue weighted by Gasteiger charge is 2.48. The summed E-state index contributed by atoms with van der Waals surface area (Å²) in [6, 6.07) is 11.4. The molecule has 8 heteroatoms. The summed E-state index contributed by atoms with van der Waals surface area (Å²) in [6.45, 7) is 3.25. The van der Waals surface area contributed by atoms with E-state index in [1.165, 1.54) is 28.9 Å². The average Bonchev–Trinajstić information content (AvgIpc) is 2.89. The Morgan fingerprint density at radius 1 is 1.10 bits per heavy atom. The highest BCUT2D eigenvalue weighted by atomic mass is 19.1. The van der Waals surface area contributed by atoms with Crippen molar-refractivity contribution in [2.45, 2.75) is 19.1 Å². The maximum atomic E-state index is 13.6. The summed E-state index contributed by atoms with van der Waals surface area (Å²) in [4.78, 5) is 29.0. The van der Waals surface area contributed by atoms with Gasteiger partial charge in [0.05, 0.1) is 12.2 Å². The Morgan fingerprint density at radius 3 is 2.41 bits per heavy atom. The zero-order valence-electron chi connectivity index (χ0n) is 16.0. The lowest BCUT2D eigenvalue weighted by molar-refractivity contribution is -0.134. The van der Waals surface area contributed by atoms with Gasteiger partial charge in [0, 0.05) is 37.4 Å². The molecule has 1 unspecified atom stereocenters. The summed E-state index contributed by atoms with van der Waals surface area (Å²) in [5.41, 5.74) is 0.714. The second kappa shape index (κ2) is 7.04. The van der Waals surface area contributed by atoms with Crippen LogP contribution in [0.15, 0.2) is 42.5 Å². The van der Waals surface area contributed by atoms with Crippen molar-refractivity contribution in [2.75, 3.05) is 36.0 Å². The third-order valence-electron chi connectivity index (χ3n) is 5.58. The van der Waals surface area contributed by atoms with E-state index < -0.39 is 17.6 Å². The molecule has 1 fully saturated rings. The number of anilines is 2. The van der Waals surface area contributed by atoms with Crippen LogP contribution in [0.5, 0.6) is 0 Å². The first kappa shape index (κ1) is 19.2. The molecule has 0 aliphatic carbocycles. The van der Waals surface area contributed by atoms with E-state index in [1.54, 1.807) is 18.2 Å². The number of benzene rings is 2. The molecule has 0 spiro atoms. The molecule has 2 aromatic rings. The van der Waals surface area contributed by atoms with Gasteiger partial charge in [0.2, 0.25) is 0 Å². The fourth-order valence-electron chi connectivity index (χ4n) is 4.11. The van der Waals surface area contributed by atoms with Crippen molar-refractivity contribution in [3.05, 3.63) is 59.4 Å². The van der Waals surface area contributed by atoms with Gasteiger partial charge in [0.25, 0.3) is 5.91 Å². The number of aliphatic hydroxyl groups is 1. The fourth-order valence-corrected chi connectivity index (χ4v) is 4.11. The first-order valence-electron chi connectivity index (χ1n) is 9.44. The van der Waals surface area contributed by atoms with Crippen molar-refractivity contribution in [1.82, 2.24) is 4.90 Å². The van der Waals surface area contributed by atoms with Crippen LogP contribution in [0, 0.1) is 5.82 Å². The largest absolute Gasteiger partial charge is 0.465 e. The predicted octanol–water partition coefficient (Wildman–Crippen LogP) is 2.38. The molecule has 0 saturated carbocycles. The monoisotopic (exact) mass is 399 g/mol. The average molecular weight is 399 g/mol. The molecule has 0 aromatic heterocycles. The van der Waals surface area contributed by atoms with Gasteiger partial charge in [-0.2, -0.15) is 0 Å². The number of fused-ring (bicyclic) bond motifs is 1. The van der Waals surface area contributed by atoms with Crippen LogP contribution in [0.25, 0.3) is 0 Å². The van der Waals surface area contributed by atoms with Gasteiger partial charge in [-0.1, -0.05) is 18.2 Å². The molecule has 2 aliphatic heterocycles. The van der Waals surface area contributed by atoms with Gasteiger partial charge in [-0.25, -0.2) is 9.18 Å².